The molecule has 0 saturated carbocycles. The maximum Gasteiger partial charge on any atom is 0.427 e. The van der Waals surface area contributed by atoms with Crippen molar-refractivity contribution >= 4 is 11.9 Å². The lowest BCUT2D eigenvalue weighted by molar-refractivity contribution is 0.0336. The second-order valence-corrected chi connectivity index (χ2v) is 4.03. The van der Waals surface area contributed by atoms with Crippen LogP contribution in [-0.4, -0.2) is 47.4 Å². The molecule has 1 fully saturated rings. The molecule has 1 amide bonds. The van der Waals surface area contributed by atoms with E-state index in [4.69, 9.17) is 15.7 Å². The number of nitrogens with two attached hydrogens (primary N) is 1. The normalized spacial score (nSPS) is 16.5. The molecule has 3 N–H and O–H groups in total. The van der Waals surface area contributed by atoms with Gasteiger partial charge >= 0.3 is 6.09 Å². The quantitative estimate of drug-likeness (QED) is 0.456. The average molecular weight is 252 g/mol. The number of carbonyl (C=O) groups is 1. The molecule has 0 unspecified atom stereocenters. The van der Waals surface area contributed by atoms with Gasteiger partial charge in [-0.15, -0.1) is 0 Å². The first-order chi connectivity index (χ1) is 8.66. The number of carboxylic acid groups (broad SMARTS) is 1. The lowest BCUT2D eigenvalue weighted by atomic mass is 10.3. The van der Waals surface area contributed by atoms with Gasteiger partial charge in [-0.1, -0.05) is 6.07 Å². The Labute approximate surface area is 105 Å². The van der Waals surface area contributed by atoms with Crippen molar-refractivity contribution in [3.05, 3.63) is 23.9 Å². The molecular weight excluding hydrogens is 236 g/mol. The zero-order valence-electron chi connectivity index (χ0n) is 9.95. The summed E-state index contributed by atoms with van der Waals surface area (Å²) >= 11 is 0. The van der Waals surface area contributed by atoms with E-state index in [9.17, 15) is 4.79 Å². The molecule has 1 aromatic heterocycles. The minimum Gasteiger partial charge on any atom is -0.464 e. The molecule has 2 rings (SSSR count). The van der Waals surface area contributed by atoms with Crippen LogP contribution in [0, 0.1) is 0 Å². The Morgan fingerprint density at radius 1 is 1.50 bits per heavy atom. The molecule has 2 heterocycles. The van der Waals surface area contributed by atoms with Crippen LogP contribution in [0.15, 0.2) is 18.2 Å². The molecule has 0 aliphatic carbocycles. The van der Waals surface area contributed by atoms with Gasteiger partial charge in [-0.3, -0.25) is 4.90 Å². The predicted octanol–water partition coefficient (Wildman–Crippen LogP) is 0.272. The molecule has 18 heavy (non-hydrogen) atoms. The van der Waals surface area contributed by atoms with Crippen LogP contribution in [0.4, 0.5) is 10.6 Å². The first-order valence-electron chi connectivity index (χ1n) is 5.70. The average Bonchev–Trinajstić information content (AvgIpc) is 2.39. The van der Waals surface area contributed by atoms with Crippen molar-refractivity contribution in [2.75, 3.05) is 31.3 Å². The van der Waals surface area contributed by atoms with E-state index in [1.165, 1.54) is 0 Å². The maximum atomic E-state index is 10.7. The van der Waals surface area contributed by atoms with Crippen LogP contribution in [0.2, 0.25) is 0 Å². The largest absolute Gasteiger partial charge is 0.464 e. The van der Waals surface area contributed by atoms with Crippen molar-refractivity contribution in [1.29, 1.82) is 0 Å². The first kappa shape index (κ1) is 12.7. The molecule has 1 saturated heterocycles. The molecule has 0 aromatic carbocycles. The zero-order valence-corrected chi connectivity index (χ0v) is 9.95. The van der Waals surface area contributed by atoms with Crippen LogP contribution in [0.5, 0.6) is 0 Å². The van der Waals surface area contributed by atoms with Gasteiger partial charge in [0.1, 0.15) is 0 Å². The van der Waals surface area contributed by atoms with Gasteiger partial charge in [-0.2, -0.15) is 5.01 Å². The number of aromatic nitrogens is 1. The fourth-order valence-corrected chi connectivity index (χ4v) is 1.78. The van der Waals surface area contributed by atoms with Crippen molar-refractivity contribution in [2.24, 2.45) is 5.84 Å². The summed E-state index contributed by atoms with van der Waals surface area (Å²) in [6.07, 6.45) is -1.23. The van der Waals surface area contributed by atoms with Gasteiger partial charge in [0, 0.05) is 19.6 Å². The Morgan fingerprint density at radius 2 is 2.22 bits per heavy atom. The number of hydrogen-bond donors (Lipinski definition) is 2. The van der Waals surface area contributed by atoms with Gasteiger partial charge in [-0.05, 0) is 12.1 Å². The second kappa shape index (κ2) is 5.76. The highest BCUT2D eigenvalue weighted by molar-refractivity contribution is 5.83. The Balaban J connectivity index is 2.04. The maximum absolute atomic E-state index is 10.7. The van der Waals surface area contributed by atoms with Crippen LogP contribution < -0.4 is 10.9 Å². The number of pyridine rings is 1. The Morgan fingerprint density at radius 3 is 2.89 bits per heavy atom. The van der Waals surface area contributed by atoms with E-state index in [2.05, 4.69) is 9.88 Å². The van der Waals surface area contributed by atoms with Crippen molar-refractivity contribution in [1.82, 2.24) is 9.88 Å². The van der Waals surface area contributed by atoms with Crippen LogP contribution >= 0.6 is 0 Å². The van der Waals surface area contributed by atoms with Gasteiger partial charge in [-0.25, -0.2) is 15.6 Å². The van der Waals surface area contributed by atoms with Crippen molar-refractivity contribution in [2.45, 2.75) is 6.54 Å². The standard InChI is InChI=1S/C11H16N4O3/c12-15(11(16)17)10-3-1-2-9(13-10)8-14-4-6-18-7-5-14/h1-3H,4-8,12H2,(H,16,17). The number of hydrogen-bond acceptors (Lipinski definition) is 5. The van der Waals surface area contributed by atoms with Gasteiger partial charge in [0.25, 0.3) is 0 Å². The molecule has 1 aromatic rings. The SMILES string of the molecule is NN(C(=O)O)c1cccc(CN2CCOCC2)n1. The molecule has 7 heteroatoms. The van der Waals surface area contributed by atoms with Crippen LogP contribution in [0.1, 0.15) is 5.69 Å². The predicted molar refractivity (Wildman–Crippen MR) is 65.0 cm³/mol. The number of morpholine rings is 1. The highest BCUT2D eigenvalue weighted by Gasteiger charge is 2.14. The monoisotopic (exact) mass is 252 g/mol. The molecule has 0 radical (unpaired) electrons. The fraction of sp³-hybridized carbons (Fsp3) is 0.455. The Hall–Kier alpha value is -1.70. The van der Waals surface area contributed by atoms with E-state index in [0.29, 0.717) is 11.6 Å². The molecule has 1 aliphatic heterocycles. The summed E-state index contributed by atoms with van der Waals surface area (Å²) in [7, 11) is 0. The zero-order chi connectivity index (χ0) is 13.0. The number of nitrogens with zero attached hydrogens (tertiary/aromatic N) is 3. The molecule has 7 nitrogen and oxygen atoms in total. The van der Waals surface area contributed by atoms with E-state index < -0.39 is 6.09 Å². The van der Waals surface area contributed by atoms with Crippen LogP contribution in [0.3, 0.4) is 0 Å². The summed E-state index contributed by atoms with van der Waals surface area (Å²) in [5.41, 5.74) is 0.797. The molecule has 0 bridgehead atoms. The summed E-state index contributed by atoms with van der Waals surface area (Å²) in [4.78, 5) is 17.2. The third-order valence-electron chi connectivity index (χ3n) is 2.73. The topological polar surface area (TPSA) is 91.9 Å². The lowest BCUT2D eigenvalue weighted by Gasteiger charge is -2.26. The fourth-order valence-electron chi connectivity index (χ4n) is 1.78. The third-order valence-corrected chi connectivity index (χ3v) is 2.73. The van der Waals surface area contributed by atoms with Gasteiger partial charge in [0.15, 0.2) is 5.82 Å². The highest BCUT2D eigenvalue weighted by atomic mass is 16.5. The van der Waals surface area contributed by atoms with Crippen molar-refractivity contribution < 1.29 is 14.6 Å². The number of amides is 1. The number of hydrazine groups is 1. The minimum atomic E-state index is -1.23. The Kier molecular flexibility index (Phi) is 4.08. The highest BCUT2D eigenvalue weighted by Crippen LogP contribution is 2.11. The Bertz CT molecular complexity index is 421. The van der Waals surface area contributed by atoms with Crippen molar-refractivity contribution in [3.63, 3.8) is 0 Å². The molecule has 98 valence electrons. The first-order valence-corrected chi connectivity index (χ1v) is 5.70. The third kappa shape index (κ3) is 3.16. The second-order valence-electron chi connectivity index (χ2n) is 4.03. The summed E-state index contributed by atoms with van der Waals surface area (Å²) in [5.74, 6) is 5.61. The van der Waals surface area contributed by atoms with Crippen LogP contribution in [-0.2, 0) is 11.3 Å². The number of ether oxygens (including phenoxy) is 1. The smallest absolute Gasteiger partial charge is 0.427 e. The van der Waals surface area contributed by atoms with Crippen LogP contribution in [0.25, 0.3) is 0 Å². The number of rotatable bonds is 3. The summed E-state index contributed by atoms with van der Waals surface area (Å²) < 4.78 is 5.26. The molecule has 1 aliphatic rings. The summed E-state index contributed by atoms with van der Waals surface area (Å²) in [5, 5.41) is 9.40. The van der Waals surface area contributed by atoms with E-state index in [-0.39, 0.29) is 5.82 Å². The molecular formula is C11H16N4O3. The van der Waals surface area contributed by atoms with E-state index in [1.807, 2.05) is 6.07 Å². The van der Waals surface area contributed by atoms with E-state index in [0.717, 1.165) is 32.0 Å². The summed E-state index contributed by atoms with van der Waals surface area (Å²) in [6, 6.07) is 5.17. The van der Waals surface area contributed by atoms with Gasteiger partial charge < -0.3 is 9.84 Å². The summed E-state index contributed by atoms with van der Waals surface area (Å²) in [6.45, 7) is 3.83. The lowest BCUT2D eigenvalue weighted by Crippen LogP contribution is -2.38. The molecule has 0 atom stereocenters. The number of anilines is 1. The minimum absolute atomic E-state index is 0.230. The van der Waals surface area contributed by atoms with Crippen molar-refractivity contribution in [3.8, 4) is 0 Å². The van der Waals surface area contributed by atoms with E-state index in [1.54, 1.807) is 12.1 Å². The van der Waals surface area contributed by atoms with E-state index >= 15 is 0 Å². The van der Waals surface area contributed by atoms with Gasteiger partial charge in [0.2, 0.25) is 0 Å². The molecule has 0 spiro atoms. The van der Waals surface area contributed by atoms with Gasteiger partial charge in [0.05, 0.1) is 18.9 Å².